The van der Waals surface area contributed by atoms with Crippen LogP contribution < -0.4 is 20.3 Å². The van der Waals surface area contributed by atoms with Crippen molar-refractivity contribution in [2.45, 2.75) is 0 Å². The number of hydrazine groups is 1. The first-order valence-electron chi connectivity index (χ1n) is 6.63. The van der Waals surface area contributed by atoms with Crippen molar-refractivity contribution in [2.75, 3.05) is 14.2 Å². The molecule has 6 nitrogen and oxygen atoms in total. The number of halogens is 1. The summed E-state index contributed by atoms with van der Waals surface area (Å²) in [4.78, 5) is 23.9. The minimum Gasteiger partial charge on any atom is -0.497 e. The van der Waals surface area contributed by atoms with Crippen LogP contribution in [0.15, 0.2) is 42.5 Å². The molecule has 2 aromatic rings. The van der Waals surface area contributed by atoms with E-state index >= 15 is 0 Å². The Morgan fingerprint density at radius 3 is 1.96 bits per heavy atom. The van der Waals surface area contributed by atoms with Crippen molar-refractivity contribution in [3.05, 3.63) is 59.4 Å². The van der Waals surface area contributed by atoms with Crippen molar-refractivity contribution in [3.8, 4) is 11.5 Å². The minimum absolute atomic E-state index is 0.0912. The Kier molecular flexibility index (Phi) is 5.14. The van der Waals surface area contributed by atoms with E-state index < -0.39 is 17.6 Å². The number of hydrogen-bond donors (Lipinski definition) is 2. The maximum atomic E-state index is 13.1. The largest absolute Gasteiger partial charge is 0.497 e. The summed E-state index contributed by atoms with van der Waals surface area (Å²) in [6.07, 6.45) is 0. The average Bonchev–Trinajstić information content (AvgIpc) is 2.58. The minimum atomic E-state index is -0.632. The predicted molar refractivity (Wildman–Crippen MR) is 80.9 cm³/mol. The maximum absolute atomic E-state index is 13.1. The van der Waals surface area contributed by atoms with Crippen molar-refractivity contribution in [1.82, 2.24) is 10.9 Å². The summed E-state index contributed by atoms with van der Waals surface area (Å²) in [7, 11) is 2.92. The lowest BCUT2D eigenvalue weighted by molar-refractivity contribution is 0.0846. The van der Waals surface area contributed by atoms with Crippen molar-refractivity contribution in [2.24, 2.45) is 0 Å². The lowest BCUT2D eigenvalue weighted by Gasteiger charge is -2.10. The summed E-state index contributed by atoms with van der Waals surface area (Å²) in [5.74, 6) is -0.863. The third-order valence-corrected chi connectivity index (χ3v) is 2.99. The first-order valence-corrected chi connectivity index (χ1v) is 6.63. The smallest absolute Gasteiger partial charge is 0.269 e. The molecule has 2 N–H and O–H groups in total. The highest BCUT2D eigenvalue weighted by molar-refractivity contribution is 5.99. The van der Waals surface area contributed by atoms with Crippen LogP contribution in [0, 0.1) is 5.82 Å². The van der Waals surface area contributed by atoms with Gasteiger partial charge in [0.15, 0.2) is 0 Å². The second kappa shape index (κ2) is 7.26. The Bertz CT molecular complexity index is 712. The second-order valence-corrected chi connectivity index (χ2v) is 4.52. The Morgan fingerprint density at radius 2 is 1.43 bits per heavy atom. The van der Waals surface area contributed by atoms with Crippen LogP contribution in [0.25, 0.3) is 0 Å². The fraction of sp³-hybridized carbons (Fsp3) is 0.125. The summed E-state index contributed by atoms with van der Waals surface area (Å²) in [5, 5.41) is 0. The molecule has 0 aliphatic heterocycles. The Hall–Kier alpha value is -3.09. The molecule has 0 spiro atoms. The zero-order chi connectivity index (χ0) is 16.8. The van der Waals surface area contributed by atoms with E-state index in [0.717, 1.165) is 6.07 Å². The van der Waals surface area contributed by atoms with Crippen LogP contribution in [0.5, 0.6) is 11.5 Å². The van der Waals surface area contributed by atoms with Gasteiger partial charge in [0.05, 0.1) is 14.2 Å². The lowest BCUT2D eigenvalue weighted by atomic mass is 10.2. The molecule has 0 saturated carbocycles. The number of rotatable bonds is 4. The Balaban J connectivity index is 2.06. The van der Waals surface area contributed by atoms with Gasteiger partial charge < -0.3 is 9.47 Å². The van der Waals surface area contributed by atoms with Gasteiger partial charge in [-0.25, -0.2) is 4.39 Å². The molecular weight excluding hydrogens is 303 g/mol. The molecular formula is C16H15FN2O4. The number of benzene rings is 2. The molecule has 2 aromatic carbocycles. The SMILES string of the molecule is COc1cc(OC)cc(C(=O)NNC(=O)c2cccc(F)c2)c1. The number of carbonyl (C=O) groups is 2. The van der Waals surface area contributed by atoms with Gasteiger partial charge in [-0.2, -0.15) is 0 Å². The van der Waals surface area contributed by atoms with Crippen molar-refractivity contribution < 1.29 is 23.5 Å². The van der Waals surface area contributed by atoms with Crippen molar-refractivity contribution in [3.63, 3.8) is 0 Å². The van der Waals surface area contributed by atoms with E-state index in [0.29, 0.717) is 11.5 Å². The van der Waals surface area contributed by atoms with Crippen molar-refractivity contribution in [1.29, 1.82) is 0 Å². The van der Waals surface area contributed by atoms with E-state index in [1.807, 2.05) is 0 Å². The van der Waals surface area contributed by atoms with E-state index in [2.05, 4.69) is 10.9 Å². The predicted octanol–water partition coefficient (Wildman–Crippen LogP) is 1.92. The number of carbonyl (C=O) groups excluding carboxylic acids is 2. The van der Waals surface area contributed by atoms with E-state index in [-0.39, 0.29) is 11.1 Å². The Labute approximate surface area is 132 Å². The second-order valence-electron chi connectivity index (χ2n) is 4.52. The van der Waals surface area contributed by atoms with Crippen LogP contribution in [0.3, 0.4) is 0 Å². The lowest BCUT2D eigenvalue weighted by Crippen LogP contribution is -2.41. The standard InChI is InChI=1S/C16H15FN2O4/c1-22-13-7-11(8-14(9-13)23-2)16(21)19-18-15(20)10-4-3-5-12(17)6-10/h3-9H,1-2H3,(H,18,20)(H,19,21). The summed E-state index contributed by atoms with van der Waals surface area (Å²) in [6, 6.07) is 9.71. The molecule has 0 heterocycles. The molecule has 0 saturated heterocycles. The topological polar surface area (TPSA) is 76.7 Å². The van der Waals surface area contributed by atoms with Gasteiger partial charge in [-0.1, -0.05) is 6.07 Å². The van der Waals surface area contributed by atoms with Crippen LogP contribution in [0.1, 0.15) is 20.7 Å². The van der Waals surface area contributed by atoms with Gasteiger partial charge in [0.1, 0.15) is 17.3 Å². The normalized spacial score (nSPS) is 9.87. The summed E-state index contributed by atoms with van der Waals surface area (Å²) in [6.45, 7) is 0. The molecule has 2 rings (SSSR count). The zero-order valence-electron chi connectivity index (χ0n) is 12.6. The molecule has 0 aliphatic carbocycles. The third kappa shape index (κ3) is 4.19. The molecule has 0 radical (unpaired) electrons. The number of nitrogens with one attached hydrogen (secondary N) is 2. The molecule has 120 valence electrons. The molecule has 2 amide bonds. The van der Waals surface area contributed by atoms with Gasteiger partial charge in [0.25, 0.3) is 11.8 Å². The molecule has 0 aromatic heterocycles. The highest BCUT2D eigenvalue weighted by Crippen LogP contribution is 2.22. The van der Waals surface area contributed by atoms with Crippen LogP contribution in [0.2, 0.25) is 0 Å². The van der Waals surface area contributed by atoms with Crippen LogP contribution in [0.4, 0.5) is 4.39 Å². The molecule has 0 aliphatic rings. The van der Waals surface area contributed by atoms with E-state index in [1.54, 1.807) is 6.07 Å². The molecule has 7 heteroatoms. The van der Waals surface area contributed by atoms with Gasteiger partial charge in [0, 0.05) is 17.2 Å². The van der Waals surface area contributed by atoms with E-state index in [4.69, 9.17) is 9.47 Å². The van der Waals surface area contributed by atoms with E-state index in [9.17, 15) is 14.0 Å². The van der Waals surface area contributed by atoms with Gasteiger partial charge in [-0.05, 0) is 30.3 Å². The first kappa shape index (κ1) is 16.3. The fourth-order valence-corrected chi connectivity index (χ4v) is 1.83. The summed E-state index contributed by atoms with van der Waals surface area (Å²) >= 11 is 0. The fourth-order valence-electron chi connectivity index (χ4n) is 1.83. The van der Waals surface area contributed by atoms with Gasteiger partial charge in [-0.15, -0.1) is 0 Å². The number of methoxy groups -OCH3 is 2. The highest BCUT2D eigenvalue weighted by atomic mass is 19.1. The van der Waals surface area contributed by atoms with E-state index in [1.165, 1.54) is 44.6 Å². The third-order valence-electron chi connectivity index (χ3n) is 2.99. The van der Waals surface area contributed by atoms with Gasteiger partial charge in [0.2, 0.25) is 0 Å². The number of hydrogen-bond acceptors (Lipinski definition) is 4. The monoisotopic (exact) mass is 318 g/mol. The van der Waals surface area contributed by atoms with Gasteiger partial charge in [-0.3, -0.25) is 20.4 Å². The molecule has 0 atom stereocenters. The van der Waals surface area contributed by atoms with Crippen LogP contribution >= 0.6 is 0 Å². The molecule has 23 heavy (non-hydrogen) atoms. The quantitative estimate of drug-likeness (QED) is 0.845. The molecule has 0 bridgehead atoms. The molecule has 0 fully saturated rings. The first-order chi connectivity index (χ1) is 11.0. The van der Waals surface area contributed by atoms with Gasteiger partial charge >= 0.3 is 0 Å². The average molecular weight is 318 g/mol. The van der Waals surface area contributed by atoms with Crippen molar-refractivity contribution >= 4 is 11.8 Å². The number of ether oxygens (including phenoxy) is 2. The maximum Gasteiger partial charge on any atom is 0.269 e. The summed E-state index contributed by atoms with van der Waals surface area (Å²) in [5.41, 5.74) is 4.79. The summed E-state index contributed by atoms with van der Waals surface area (Å²) < 4.78 is 23.2. The molecule has 0 unspecified atom stereocenters. The number of amides is 2. The highest BCUT2D eigenvalue weighted by Gasteiger charge is 2.12. The van der Waals surface area contributed by atoms with Crippen LogP contribution in [-0.4, -0.2) is 26.0 Å². The van der Waals surface area contributed by atoms with Crippen LogP contribution in [-0.2, 0) is 0 Å². The Morgan fingerprint density at radius 1 is 0.870 bits per heavy atom. The zero-order valence-corrected chi connectivity index (χ0v) is 12.6.